The molecule has 2 aromatic carbocycles. The predicted octanol–water partition coefficient (Wildman–Crippen LogP) is 3.35. The van der Waals surface area contributed by atoms with E-state index in [1.165, 1.54) is 13.0 Å². The fourth-order valence-electron chi connectivity index (χ4n) is 2.47. The first-order chi connectivity index (χ1) is 12.5. The molecule has 26 heavy (non-hydrogen) atoms. The van der Waals surface area contributed by atoms with Gasteiger partial charge in [-0.25, -0.2) is 9.38 Å². The molecule has 3 N–H and O–H groups in total. The SMILES string of the molecule is CCNC(=NCc1cccc(NC(C)=O)c1)NCc1ccc(F)c(C)c1. The number of benzene rings is 2. The summed E-state index contributed by atoms with van der Waals surface area (Å²) in [6.45, 7) is 7.00. The van der Waals surface area contributed by atoms with Crippen LogP contribution in [0.25, 0.3) is 0 Å². The first kappa shape index (κ1) is 19.4. The van der Waals surface area contributed by atoms with Crippen molar-refractivity contribution in [3.8, 4) is 0 Å². The molecule has 0 bridgehead atoms. The Morgan fingerprint density at radius 1 is 1.12 bits per heavy atom. The zero-order chi connectivity index (χ0) is 18.9. The molecule has 0 heterocycles. The third-order valence-electron chi connectivity index (χ3n) is 3.69. The summed E-state index contributed by atoms with van der Waals surface area (Å²) in [7, 11) is 0. The van der Waals surface area contributed by atoms with Crippen LogP contribution in [0.3, 0.4) is 0 Å². The van der Waals surface area contributed by atoms with Crippen LogP contribution < -0.4 is 16.0 Å². The second-order valence-corrected chi connectivity index (χ2v) is 6.01. The molecule has 0 aliphatic rings. The lowest BCUT2D eigenvalue weighted by Crippen LogP contribution is -2.36. The van der Waals surface area contributed by atoms with E-state index < -0.39 is 0 Å². The minimum absolute atomic E-state index is 0.102. The van der Waals surface area contributed by atoms with E-state index in [9.17, 15) is 9.18 Å². The van der Waals surface area contributed by atoms with Crippen LogP contribution in [0.15, 0.2) is 47.5 Å². The summed E-state index contributed by atoms with van der Waals surface area (Å²) in [5.74, 6) is 0.378. The van der Waals surface area contributed by atoms with Crippen molar-refractivity contribution in [1.82, 2.24) is 10.6 Å². The van der Waals surface area contributed by atoms with Crippen LogP contribution in [-0.2, 0) is 17.9 Å². The van der Waals surface area contributed by atoms with Gasteiger partial charge in [-0.2, -0.15) is 0 Å². The lowest BCUT2D eigenvalue weighted by molar-refractivity contribution is -0.114. The normalized spacial score (nSPS) is 11.2. The molecule has 5 nitrogen and oxygen atoms in total. The number of carbonyl (C=O) groups excluding carboxylic acids is 1. The van der Waals surface area contributed by atoms with Crippen LogP contribution in [0, 0.1) is 12.7 Å². The molecule has 0 saturated carbocycles. The molecule has 0 aliphatic heterocycles. The number of anilines is 1. The smallest absolute Gasteiger partial charge is 0.221 e. The monoisotopic (exact) mass is 356 g/mol. The zero-order valence-corrected chi connectivity index (χ0v) is 15.4. The number of hydrogen-bond donors (Lipinski definition) is 3. The molecule has 0 unspecified atom stereocenters. The average molecular weight is 356 g/mol. The molecular formula is C20H25FN4O. The van der Waals surface area contributed by atoms with Gasteiger partial charge in [0.25, 0.3) is 0 Å². The Bertz CT molecular complexity index is 789. The largest absolute Gasteiger partial charge is 0.357 e. The van der Waals surface area contributed by atoms with E-state index >= 15 is 0 Å². The number of hydrogen-bond acceptors (Lipinski definition) is 2. The van der Waals surface area contributed by atoms with Gasteiger partial charge in [-0.1, -0.05) is 24.3 Å². The number of amides is 1. The summed E-state index contributed by atoms with van der Waals surface area (Å²) in [5.41, 5.74) is 3.36. The minimum Gasteiger partial charge on any atom is -0.357 e. The second kappa shape index (κ2) is 9.56. The fraction of sp³-hybridized carbons (Fsp3) is 0.300. The van der Waals surface area contributed by atoms with Gasteiger partial charge in [-0.05, 0) is 48.7 Å². The number of guanidine groups is 1. The lowest BCUT2D eigenvalue weighted by atomic mass is 10.1. The summed E-state index contributed by atoms with van der Waals surface area (Å²) in [5, 5.41) is 9.20. The number of nitrogens with one attached hydrogen (secondary N) is 3. The van der Waals surface area contributed by atoms with Gasteiger partial charge in [0, 0.05) is 25.7 Å². The molecule has 0 radical (unpaired) electrons. The highest BCUT2D eigenvalue weighted by Crippen LogP contribution is 2.12. The Morgan fingerprint density at radius 3 is 2.62 bits per heavy atom. The number of rotatable bonds is 6. The number of halogens is 1. The van der Waals surface area contributed by atoms with E-state index in [0.717, 1.165) is 23.4 Å². The van der Waals surface area contributed by atoms with Gasteiger partial charge >= 0.3 is 0 Å². The quantitative estimate of drug-likeness (QED) is 0.549. The Morgan fingerprint density at radius 2 is 1.92 bits per heavy atom. The number of aliphatic imine (C=N–C) groups is 1. The van der Waals surface area contributed by atoms with Gasteiger partial charge in [0.2, 0.25) is 5.91 Å². The van der Waals surface area contributed by atoms with E-state index in [1.807, 2.05) is 37.3 Å². The van der Waals surface area contributed by atoms with E-state index in [4.69, 9.17) is 0 Å². The minimum atomic E-state index is -0.201. The molecule has 0 fully saturated rings. The number of nitrogens with zero attached hydrogens (tertiary/aromatic N) is 1. The zero-order valence-electron chi connectivity index (χ0n) is 15.4. The summed E-state index contributed by atoms with van der Waals surface area (Å²) < 4.78 is 13.4. The maximum atomic E-state index is 13.4. The van der Waals surface area contributed by atoms with Crippen molar-refractivity contribution in [2.24, 2.45) is 4.99 Å². The van der Waals surface area contributed by atoms with Gasteiger partial charge < -0.3 is 16.0 Å². The summed E-state index contributed by atoms with van der Waals surface area (Å²) in [4.78, 5) is 15.7. The van der Waals surface area contributed by atoms with Crippen molar-refractivity contribution in [1.29, 1.82) is 0 Å². The molecule has 2 rings (SSSR count). The summed E-state index contributed by atoms with van der Waals surface area (Å²) in [6, 6.07) is 12.6. The Kier molecular flexibility index (Phi) is 7.14. The van der Waals surface area contributed by atoms with Crippen molar-refractivity contribution < 1.29 is 9.18 Å². The van der Waals surface area contributed by atoms with Crippen molar-refractivity contribution >= 4 is 17.6 Å². The van der Waals surface area contributed by atoms with Crippen LogP contribution in [0.4, 0.5) is 10.1 Å². The average Bonchev–Trinajstić information content (AvgIpc) is 2.60. The van der Waals surface area contributed by atoms with Gasteiger partial charge in [0.05, 0.1) is 6.54 Å². The van der Waals surface area contributed by atoms with Crippen molar-refractivity contribution in [3.63, 3.8) is 0 Å². The third kappa shape index (κ3) is 6.20. The maximum absolute atomic E-state index is 13.4. The molecule has 1 amide bonds. The standard InChI is InChI=1S/C20H25FN4O/c1-4-22-20(24-13-17-8-9-19(21)14(2)10-17)23-12-16-6-5-7-18(11-16)25-15(3)26/h5-11H,4,12-13H2,1-3H3,(H,25,26)(H2,22,23,24). The van der Waals surface area contributed by atoms with E-state index in [0.29, 0.717) is 24.6 Å². The Labute approximate surface area is 153 Å². The van der Waals surface area contributed by atoms with Crippen molar-refractivity contribution in [3.05, 3.63) is 65.0 Å². The van der Waals surface area contributed by atoms with E-state index in [1.54, 1.807) is 13.0 Å². The van der Waals surface area contributed by atoms with Crippen LogP contribution in [0.5, 0.6) is 0 Å². The predicted molar refractivity (Wildman–Crippen MR) is 104 cm³/mol. The Hall–Kier alpha value is -2.89. The van der Waals surface area contributed by atoms with Gasteiger partial charge in [-0.15, -0.1) is 0 Å². The Balaban J connectivity index is 2.01. The van der Waals surface area contributed by atoms with Crippen LogP contribution in [0.2, 0.25) is 0 Å². The molecule has 138 valence electrons. The van der Waals surface area contributed by atoms with Gasteiger partial charge in [-0.3, -0.25) is 4.79 Å². The highest BCUT2D eigenvalue weighted by molar-refractivity contribution is 5.88. The van der Waals surface area contributed by atoms with Crippen LogP contribution in [-0.4, -0.2) is 18.4 Å². The summed E-state index contributed by atoms with van der Waals surface area (Å²) >= 11 is 0. The molecule has 0 saturated heterocycles. The highest BCUT2D eigenvalue weighted by atomic mass is 19.1. The third-order valence-corrected chi connectivity index (χ3v) is 3.69. The van der Waals surface area contributed by atoms with Gasteiger partial charge in [0.1, 0.15) is 5.82 Å². The van der Waals surface area contributed by atoms with E-state index in [2.05, 4.69) is 20.9 Å². The molecular weight excluding hydrogens is 331 g/mol. The molecule has 6 heteroatoms. The van der Waals surface area contributed by atoms with Crippen molar-refractivity contribution in [2.75, 3.05) is 11.9 Å². The fourth-order valence-corrected chi connectivity index (χ4v) is 2.47. The number of carbonyl (C=O) groups is 1. The molecule has 0 aliphatic carbocycles. The second-order valence-electron chi connectivity index (χ2n) is 6.01. The first-order valence-electron chi connectivity index (χ1n) is 8.61. The molecule has 2 aromatic rings. The maximum Gasteiger partial charge on any atom is 0.221 e. The van der Waals surface area contributed by atoms with Crippen LogP contribution in [0.1, 0.15) is 30.5 Å². The lowest BCUT2D eigenvalue weighted by Gasteiger charge is -2.12. The highest BCUT2D eigenvalue weighted by Gasteiger charge is 2.02. The van der Waals surface area contributed by atoms with Gasteiger partial charge in [0.15, 0.2) is 5.96 Å². The molecule has 0 spiro atoms. The first-order valence-corrected chi connectivity index (χ1v) is 8.61. The summed E-state index contributed by atoms with van der Waals surface area (Å²) in [6.07, 6.45) is 0. The van der Waals surface area contributed by atoms with Crippen molar-refractivity contribution in [2.45, 2.75) is 33.9 Å². The topological polar surface area (TPSA) is 65.5 Å². The molecule has 0 atom stereocenters. The van der Waals surface area contributed by atoms with E-state index in [-0.39, 0.29) is 11.7 Å². The number of aryl methyl sites for hydroxylation is 1. The molecule has 0 aromatic heterocycles. The van der Waals surface area contributed by atoms with Crippen LogP contribution >= 0.6 is 0 Å².